The maximum atomic E-state index is 12.8. The highest BCUT2D eigenvalue weighted by Crippen LogP contribution is 2.30. The normalized spacial score (nSPS) is 16.3. The van der Waals surface area contributed by atoms with E-state index in [2.05, 4.69) is 24.8 Å². The minimum atomic E-state index is -4.41. The van der Waals surface area contributed by atoms with Gasteiger partial charge >= 0.3 is 6.18 Å². The number of hydrogen-bond acceptors (Lipinski definition) is 6. The summed E-state index contributed by atoms with van der Waals surface area (Å²) in [5.41, 5.74) is 0.690. The van der Waals surface area contributed by atoms with Crippen LogP contribution in [0.5, 0.6) is 0 Å². The third-order valence-corrected chi connectivity index (χ3v) is 5.44. The van der Waals surface area contributed by atoms with E-state index in [9.17, 15) is 13.2 Å². The van der Waals surface area contributed by atoms with Gasteiger partial charge in [0.05, 0.1) is 10.9 Å². The maximum Gasteiger partial charge on any atom is 0.433 e. The molecule has 4 rings (SSSR count). The van der Waals surface area contributed by atoms with Gasteiger partial charge < -0.3 is 4.90 Å². The molecule has 0 radical (unpaired) electrons. The average Bonchev–Trinajstić information content (AvgIpc) is 3.06. The summed E-state index contributed by atoms with van der Waals surface area (Å²) in [6.45, 7) is 3.63. The summed E-state index contributed by atoms with van der Waals surface area (Å²) in [5, 5.41) is 0.968. The van der Waals surface area contributed by atoms with E-state index in [1.807, 2.05) is 6.07 Å². The fraction of sp³-hybridized carbons (Fsp3) is 0.353. The van der Waals surface area contributed by atoms with Gasteiger partial charge in [0.2, 0.25) is 0 Å². The molecule has 9 heteroatoms. The first kappa shape index (κ1) is 17.2. The van der Waals surface area contributed by atoms with Gasteiger partial charge in [0.15, 0.2) is 5.13 Å². The lowest BCUT2D eigenvalue weighted by molar-refractivity contribution is -0.141. The fourth-order valence-electron chi connectivity index (χ4n) is 2.99. The van der Waals surface area contributed by atoms with Crippen LogP contribution in [0.15, 0.2) is 36.8 Å². The van der Waals surface area contributed by atoms with Crippen molar-refractivity contribution in [2.45, 2.75) is 12.7 Å². The molecule has 0 amide bonds. The molecule has 0 aliphatic carbocycles. The number of thiazole rings is 1. The number of fused-ring (bicyclic) bond motifs is 1. The minimum Gasteiger partial charge on any atom is -0.345 e. The first-order chi connectivity index (χ1) is 12.5. The molecule has 1 fully saturated rings. The van der Waals surface area contributed by atoms with E-state index >= 15 is 0 Å². The lowest BCUT2D eigenvalue weighted by Crippen LogP contribution is -2.45. The molecule has 5 nitrogen and oxygen atoms in total. The van der Waals surface area contributed by atoms with E-state index in [0.29, 0.717) is 12.1 Å². The zero-order valence-electron chi connectivity index (χ0n) is 13.8. The van der Waals surface area contributed by atoms with Gasteiger partial charge in [-0.15, -0.1) is 0 Å². The molecule has 0 atom stereocenters. The molecule has 3 aromatic rings. The number of aromatic nitrogens is 3. The van der Waals surface area contributed by atoms with E-state index in [1.165, 1.54) is 6.20 Å². The van der Waals surface area contributed by atoms with Crippen LogP contribution in [0.4, 0.5) is 18.3 Å². The van der Waals surface area contributed by atoms with Crippen LogP contribution >= 0.6 is 11.3 Å². The van der Waals surface area contributed by atoms with Crippen LogP contribution < -0.4 is 4.90 Å². The quantitative estimate of drug-likeness (QED) is 0.698. The third-order valence-electron chi connectivity index (χ3n) is 4.34. The first-order valence-corrected chi connectivity index (χ1v) is 9.01. The van der Waals surface area contributed by atoms with Crippen LogP contribution in [0.25, 0.3) is 10.2 Å². The summed E-state index contributed by atoms with van der Waals surface area (Å²) < 4.78 is 39.4. The van der Waals surface area contributed by atoms with E-state index in [1.54, 1.807) is 29.8 Å². The van der Waals surface area contributed by atoms with Crippen LogP contribution in [-0.4, -0.2) is 46.0 Å². The highest BCUT2D eigenvalue weighted by molar-refractivity contribution is 7.22. The van der Waals surface area contributed by atoms with E-state index in [0.717, 1.165) is 47.6 Å². The van der Waals surface area contributed by atoms with Gasteiger partial charge in [-0.25, -0.2) is 4.98 Å². The van der Waals surface area contributed by atoms with Gasteiger partial charge in [-0.05, 0) is 23.8 Å². The summed E-state index contributed by atoms with van der Waals surface area (Å²) in [7, 11) is 0. The third kappa shape index (κ3) is 3.63. The standard InChI is InChI=1S/C17H16F3N5S/c18-17(19,20)15-9-12(1-4-22-15)11-24-5-7-25(8-6-24)16-23-13-10-21-3-2-14(13)26-16/h1-4,9-10H,5-8,11H2. The Labute approximate surface area is 152 Å². The molecular weight excluding hydrogens is 363 g/mol. The summed E-state index contributed by atoms with van der Waals surface area (Å²) in [5.74, 6) is 0. The van der Waals surface area contributed by atoms with Crippen molar-refractivity contribution < 1.29 is 13.2 Å². The molecule has 0 spiro atoms. The molecule has 0 aromatic carbocycles. The number of piperazine rings is 1. The smallest absolute Gasteiger partial charge is 0.345 e. The van der Waals surface area contributed by atoms with Crippen molar-refractivity contribution in [1.82, 2.24) is 19.9 Å². The second-order valence-electron chi connectivity index (χ2n) is 6.15. The summed E-state index contributed by atoms with van der Waals surface area (Å²) in [4.78, 5) is 16.5. The number of nitrogens with zero attached hydrogens (tertiary/aromatic N) is 5. The lowest BCUT2D eigenvalue weighted by Gasteiger charge is -2.34. The Morgan fingerprint density at radius 1 is 1.08 bits per heavy atom. The van der Waals surface area contributed by atoms with E-state index < -0.39 is 11.9 Å². The Balaban J connectivity index is 1.39. The molecule has 0 unspecified atom stereocenters. The summed E-state index contributed by atoms with van der Waals surface area (Å²) in [6, 6.07) is 4.73. The van der Waals surface area contributed by atoms with Gasteiger partial charge in [0, 0.05) is 45.1 Å². The second-order valence-corrected chi connectivity index (χ2v) is 7.16. The molecule has 1 aliphatic rings. The Morgan fingerprint density at radius 2 is 1.88 bits per heavy atom. The van der Waals surface area contributed by atoms with Gasteiger partial charge in [-0.3, -0.25) is 14.9 Å². The summed E-state index contributed by atoms with van der Waals surface area (Å²) >= 11 is 1.64. The molecular formula is C17H16F3N5S. The van der Waals surface area contributed by atoms with Crippen molar-refractivity contribution in [2.24, 2.45) is 0 Å². The fourth-order valence-corrected chi connectivity index (χ4v) is 3.97. The lowest BCUT2D eigenvalue weighted by atomic mass is 10.2. The Hall–Kier alpha value is -2.26. The largest absolute Gasteiger partial charge is 0.433 e. The monoisotopic (exact) mass is 379 g/mol. The van der Waals surface area contributed by atoms with Crippen LogP contribution in [0, 0.1) is 0 Å². The van der Waals surface area contributed by atoms with Gasteiger partial charge in [-0.2, -0.15) is 13.2 Å². The Kier molecular flexibility index (Phi) is 4.49. The molecule has 136 valence electrons. The van der Waals surface area contributed by atoms with Gasteiger partial charge in [-0.1, -0.05) is 11.3 Å². The Morgan fingerprint density at radius 3 is 2.62 bits per heavy atom. The van der Waals surface area contributed by atoms with Crippen LogP contribution in [-0.2, 0) is 12.7 Å². The van der Waals surface area contributed by atoms with Crippen molar-refractivity contribution in [2.75, 3.05) is 31.1 Å². The van der Waals surface area contributed by atoms with Crippen molar-refractivity contribution in [1.29, 1.82) is 0 Å². The molecule has 3 aromatic heterocycles. The number of anilines is 1. The topological polar surface area (TPSA) is 45.2 Å². The number of pyridine rings is 2. The number of alkyl halides is 3. The van der Waals surface area contributed by atoms with Crippen molar-refractivity contribution in [3.8, 4) is 0 Å². The molecule has 0 bridgehead atoms. The number of hydrogen-bond donors (Lipinski definition) is 0. The average molecular weight is 379 g/mol. The summed E-state index contributed by atoms with van der Waals surface area (Å²) in [6.07, 6.45) is 0.333. The molecule has 1 aliphatic heterocycles. The molecule has 0 N–H and O–H groups in total. The molecule has 4 heterocycles. The zero-order chi connectivity index (χ0) is 18.1. The van der Waals surface area contributed by atoms with E-state index in [4.69, 9.17) is 0 Å². The predicted octanol–water partition coefficient (Wildman–Crippen LogP) is 3.43. The SMILES string of the molecule is FC(F)(F)c1cc(CN2CCN(c3nc4cnccc4s3)CC2)ccn1. The van der Waals surface area contributed by atoms with Crippen molar-refractivity contribution >= 4 is 26.7 Å². The highest BCUT2D eigenvalue weighted by atomic mass is 32.1. The number of rotatable bonds is 3. The second kappa shape index (κ2) is 6.81. The van der Waals surface area contributed by atoms with E-state index in [-0.39, 0.29) is 0 Å². The highest BCUT2D eigenvalue weighted by Gasteiger charge is 2.32. The first-order valence-electron chi connectivity index (χ1n) is 8.19. The van der Waals surface area contributed by atoms with Gasteiger partial charge in [0.25, 0.3) is 0 Å². The van der Waals surface area contributed by atoms with Crippen LogP contribution in [0.1, 0.15) is 11.3 Å². The zero-order valence-corrected chi connectivity index (χ0v) is 14.6. The van der Waals surface area contributed by atoms with Crippen LogP contribution in [0.2, 0.25) is 0 Å². The van der Waals surface area contributed by atoms with Gasteiger partial charge in [0.1, 0.15) is 11.2 Å². The Bertz CT molecular complexity index is 870. The minimum absolute atomic E-state index is 0.489. The predicted molar refractivity (Wildman–Crippen MR) is 94.1 cm³/mol. The number of halogens is 3. The molecule has 1 saturated heterocycles. The van der Waals surface area contributed by atoms with Crippen LogP contribution in [0.3, 0.4) is 0 Å². The van der Waals surface area contributed by atoms with Crippen molar-refractivity contribution in [3.63, 3.8) is 0 Å². The maximum absolute atomic E-state index is 12.8. The molecule has 26 heavy (non-hydrogen) atoms. The molecule has 0 saturated carbocycles. The van der Waals surface area contributed by atoms with Crippen molar-refractivity contribution in [3.05, 3.63) is 48.0 Å².